The molecule has 4 nitrogen and oxygen atoms in total. The Labute approximate surface area is 125 Å². The molecule has 1 amide bonds. The number of carbonyl (C=O) groups excluding carboxylic acids is 1. The van der Waals surface area contributed by atoms with Crippen molar-refractivity contribution >= 4 is 32.8 Å². The minimum absolute atomic E-state index is 0.0251. The lowest BCUT2D eigenvalue weighted by atomic mass is 10.0. The second-order valence-electron chi connectivity index (χ2n) is 5.32. The molecule has 20 heavy (non-hydrogen) atoms. The second-order valence-corrected chi connectivity index (χ2v) is 6.24. The molecule has 0 unspecified atom stereocenters. The Kier molecular flexibility index (Phi) is 3.99. The Balaban J connectivity index is 2.46. The van der Waals surface area contributed by atoms with Crippen molar-refractivity contribution in [2.24, 2.45) is 0 Å². The average Bonchev–Trinajstić information content (AvgIpc) is 2.38. The van der Waals surface area contributed by atoms with Gasteiger partial charge in [0.05, 0.1) is 0 Å². The number of benzene rings is 1. The summed E-state index contributed by atoms with van der Waals surface area (Å²) >= 11 is 3.35. The lowest BCUT2D eigenvalue weighted by molar-refractivity contribution is 0.0907. The number of fused-ring (bicyclic) bond motifs is 1. The summed E-state index contributed by atoms with van der Waals surface area (Å²) in [6.07, 6.45) is 0.767. The zero-order valence-corrected chi connectivity index (χ0v) is 13.2. The van der Waals surface area contributed by atoms with Crippen molar-refractivity contribution in [3.63, 3.8) is 0 Å². The van der Waals surface area contributed by atoms with E-state index in [0.717, 1.165) is 10.9 Å². The Morgan fingerprint density at radius 3 is 2.70 bits per heavy atom. The lowest BCUT2D eigenvalue weighted by Gasteiger charge is -2.24. The van der Waals surface area contributed by atoms with E-state index in [-0.39, 0.29) is 11.1 Å². The van der Waals surface area contributed by atoms with Crippen LogP contribution in [-0.2, 0) is 0 Å². The summed E-state index contributed by atoms with van der Waals surface area (Å²) in [7, 11) is 0. The molecule has 0 saturated carbocycles. The Morgan fingerprint density at radius 1 is 1.35 bits per heavy atom. The smallest absolute Gasteiger partial charge is 0.349 e. The molecule has 1 aromatic heterocycles. The van der Waals surface area contributed by atoms with Crippen LogP contribution < -0.4 is 10.9 Å². The molecule has 5 heteroatoms. The molecule has 0 saturated heterocycles. The molecule has 1 heterocycles. The highest BCUT2D eigenvalue weighted by Crippen LogP contribution is 2.19. The van der Waals surface area contributed by atoms with Crippen LogP contribution in [0.3, 0.4) is 0 Å². The first-order valence-electron chi connectivity index (χ1n) is 6.38. The molecule has 0 radical (unpaired) electrons. The number of carbonyl (C=O) groups is 1. The summed E-state index contributed by atoms with van der Waals surface area (Å²) < 4.78 is 6.04. The number of amides is 1. The third-order valence-electron chi connectivity index (χ3n) is 3.27. The van der Waals surface area contributed by atoms with Crippen LogP contribution in [0.4, 0.5) is 0 Å². The van der Waals surface area contributed by atoms with Crippen molar-refractivity contribution in [2.75, 3.05) is 0 Å². The van der Waals surface area contributed by atoms with Gasteiger partial charge in [-0.2, -0.15) is 0 Å². The SMILES string of the molecule is CCC(C)(C)NC(=O)c1cc2cc(Br)ccc2oc1=O. The summed E-state index contributed by atoms with van der Waals surface area (Å²) in [6, 6.07) is 6.84. The summed E-state index contributed by atoms with van der Waals surface area (Å²) in [6.45, 7) is 5.79. The zero-order valence-electron chi connectivity index (χ0n) is 11.6. The third kappa shape index (κ3) is 3.10. The van der Waals surface area contributed by atoms with E-state index in [2.05, 4.69) is 21.2 Å². The maximum Gasteiger partial charge on any atom is 0.349 e. The van der Waals surface area contributed by atoms with Gasteiger partial charge in [-0.1, -0.05) is 22.9 Å². The summed E-state index contributed by atoms with van der Waals surface area (Å²) in [5.41, 5.74) is -0.499. The maximum absolute atomic E-state index is 12.2. The molecule has 0 aliphatic carbocycles. The van der Waals surface area contributed by atoms with E-state index < -0.39 is 11.5 Å². The molecule has 2 rings (SSSR count). The minimum atomic E-state index is -0.621. The van der Waals surface area contributed by atoms with Crippen LogP contribution >= 0.6 is 15.9 Å². The second kappa shape index (κ2) is 5.40. The Morgan fingerprint density at radius 2 is 2.05 bits per heavy atom. The molecule has 106 valence electrons. The lowest BCUT2D eigenvalue weighted by Crippen LogP contribution is -2.44. The predicted molar refractivity (Wildman–Crippen MR) is 82.0 cm³/mol. The van der Waals surface area contributed by atoms with Crippen molar-refractivity contribution in [3.05, 3.63) is 44.7 Å². The Bertz CT molecular complexity index is 719. The van der Waals surface area contributed by atoms with Crippen molar-refractivity contribution in [1.82, 2.24) is 5.32 Å². The van der Waals surface area contributed by atoms with Gasteiger partial charge in [0.2, 0.25) is 0 Å². The molecule has 1 N–H and O–H groups in total. The van der Waals surface area contributed by atoms with E-state index in [9.17, 15) is 9.59 Å². The van der Waals surface area contributed by atoms with E-state index in [1.165, 1.54) is 0 Å². The highest BCUT2D eigenvalue weighted by molar-refractivity contribution is 9.10. The van der Waals surface area contributed by atoms with Crippen LogP contribution in [0.2, 0.25) is 0 Å². The molecular formula is C15H16BrNO3. The van der Waals surface area contributed by atoms with Crippen LogP contribution in [0.5, 0.6) is 0 Å². The topological polar surface area (TPSA) is 59.3 Å². The van der Waals surface area contributed by atoms with Crippen molar-refractivity contribution < 1.29 is 9.21 Å². The minimum Gasteiger partial charge on any atom is -0.422 e. The van der Waals surface area contributed by atoms with Gasteiger partial charge >= 0.3 is 5.63 Å². The average molecular weight is 338 g/mol. The van der Waals surface area contributed by atoms with Crippen LogP contribution in [0, 0.1) is 0 Å². The summed E-state index contributed by atoms with van der Waals surface area (Å²) in [5.74, 6) is -0.410. The monoisotopic (exact) mass is 337 g/mol. The maximum atomic E-state index is 12.2. The highest BCUT2D eigenvalue weighted by atomic mass is 79.9. The molecule has 1 aromatic carbocycles. The highest BCUT2D eigenvalue weighted by Gasteiger charge is 2.21. The molecule has 0 atom stereocenters. The number of rotatable bonds is 3. The number of hydrogen-bond acceptors (Lipinski definition) is 3. The number of halogens is 1. The van der Waals surface area contributed by atoms with Crippen molar-refractivity contribution in [2.45, 2.75) is 32.7 Å². The van der Waals surface area contributed by atoms with Gasteiger partial charge < -0.3 is 9.73 Å². The van der Waals surface area contributed by atoms with E-state index in [1.807, 2.05) is 20.8 Å². The molecular weight excluding hydrogens is 322 g/mol. The van der Waals surface area contributed by atoms with Crippen molar-refractivity contribution in [3.8, 4) is 0 Å². The normalized spacial score (nSPS) is 11.6. The van der Waals surface area contributed by atoms with Gasteiger partial charge in [0.1, 0.15) is 11.1 Å². The third-order valence-corrected chi connectivity index (χ3v) is 3.77. The zero-order chi connectivity index (χ0) is 14.9. The first kappa shape index (κ1) is 14.8. The summed E-state index contributed by atoms with van der Waals surface area (Å²) in [5, 5.41) is 3.54. The molecule has 0 fully saturated rings. The van der Waals surface area contributed by atoms with Gasteiger partial charge in [-0.15, -0.1) is 0 Å². The predicted octanol–water partition coefficient (Wildman–Crippen LogP) is 3.47. The van der Waals surface area contributed by atoms with Crippen LogP contribution in [0.25, 0.3) is 11.0 Å². The molecule has 0 spiro atoms. The fourth-order valence-corrected chi connectivity index (χ4v) is 2.09. The molecule has 2 aromatic rings. The van der Waals surface area contributed by atoms with E-state index in [0.29, 0.717) is 11.0 Å². The Hall–Kier alpha value is -1.62. The van der Waals surface area contributed by atoms with Gasteiger partial charge in [0.15, 0.2) is 0 Å². The van der Waals surface area contributed by atoms with Crippen LogP contribution in [-0.4, -0.2) is 11.4 Å². The molecule has 0 bridgehead atoms. The van der Waals surface area contributed by atoms with Crippen molar-refractivity contribution in [1.29, 1.82) is 0 Å². The van der Waals surface area contributed by atoms with Crippen LogP contribution in [0.1, 0.15) is 37.6 Å². The fraction of sp³-hybridized carbons (Fsp3) is 0.333. The first-order valence-corrected chi connectivity index (χ1v) is 7.17. The first-order chi connectivity index (χ1) is 9.32. The fourth-order valence-electron chi connectivity index (χ4n) is 1.72. The van der Waals surface area contributed by atoms with Gasteiger partial charge in [0, 0.05) is 15.4 Å². The van der Waals surface area contributed by atoms with E-state index >= 15 is 0 Å². The van der Waals surface area contributed by atoms with E-state index in [1.54, 1.807) is 24.3 Å². The van der Waals surface area contributed by atoms with Gasteiger partial charge in [-0.05, 0) is 44.5 Å². The van der Waals surface area contributed by atoms with Crippen LogP contribution in [0.15, 0.2) is 37.9 Å². The quantitative estimate of drug-likeness (QED) is 0.872. The summed E-state index contributed by atoms with van der Waals surface area (Å²) in [4.78, 5) is 24.1. The van der Waals surface area contributed by atoms with Gasteiger partial charge in [-0.25, -0.2) is 4.79 Å². The number of hydrogen-bond donors (Lipinski definition) is 1. The standard InChI is InChI=1S/C15H16BrNO3/c1-4-15(2,3)17-13(18)11-8-9-7-10(16)5-6-12(9)20-14(11)19/h5-8H,4H2,1-3H3,(H,17,18). The van der Waals surface area contributed by atoms with Gasteiger partial charge in [-0.3, -0.25) is 4.79 Å². The van der Waals surface area contributed by atoms with E-state index in [4.69, 9.17) is 4.42 Å². The van der Waals surface area contributed by atoms with Gasteiger partial charge in [0.25, 0.3) is 5.91 Å². The molecule has 0 aliphatic heterocycles. The largest absolute Gasteiger partial charge is 0.422 e. The molecule has 0 aliphatic rings. The number of nitrogens with one attached hydrogen (secondary N) is 1.